The van der Waals surface area contributed by atoms with Crippen molar-refractivity contribution in [1.29, 1.82) is 0 Å². The van der Waals surface area contributed by atoms with Crippen LogP contribution < -0.4 is 0 Å². The second-order valence-corrected chi connectivity index (χ2v) is 5.23. The summed E-state index contributed by atoms with van der Waals surface area (Å²) in [7, 11) is 1.58. The van der Waals surface area contributed by atoms with Gasteiger partial charge in [-0.3, -0.25) is 0 Å². The second-order valence-electron chi connectivity index (χ2n) is 4.24. The first-order valence-electron chi connectivity index (χ1n) is 5.82. The number of thioether (sulfide) groups is 1. The fraction of sp³-hybridized carbons (Fsp3) is 0.333. The van der Waals surface area contributed by atoms with E-state index in [1.54, 1.807) is 7.05 Å². The number of aliphatic hydroxyl groups excluding tert-OH is 1. The van der Waals surface area contributed by atoms with Gasteiger partial charge in [0.05, 0.1) is 0 Å². The molecule has 1 N–H and O–H groups in total. The number of rotatable bonds is 4. The minimum absolute atomic E-state index is 0.234. The third kappa shape index (κ3) is 3.73. The van der Waals surface area contributed by atoms with E-state index in [1.165, 1.54) is 28.8 Å². The van der Waals surface area contributed by atoms with Crippen LogP contribution in [-0.4, -0.2) is 37.9 Å². The lowest BCUT2D eigenvalue weighted by Crippen LogP contribution is -2.30. The Morgan fingerprint density at radius 3 is 2.43 bits per heavy atom. The summed E-state index contributed by atoms with van der Waals surface area (Å²) in [5.41, 5.74) is 0.592. The van der Waals surface area contributed by atoms with Crippen LogP contribution in [0.15, 0.2) is 29.4 Å². The van der Waals surface area contributed by atoms with Crippen LogP contribution in [0.3, 0.4) is 0 Å². The van der Waals surface area contributed by atoms with E-state index in [4.69, 9.17) is 5.11 Å². The summed E-state index contributed by atoms with van der Waals surface area (Å²) in [6.07, 6.45) is -7.08. The molecular weight excluding hydrogens is 310 g/mol. The fourth-order valence-electron chi connectivity index (χ4n) is 1.54. The highest BCUT2D eigenvalue weighted by molar-refractivity contribution is 7.99. The molecule has 0 fully saturated rings. The molecule has 9 heteroatoms. The average molecular weight is 321 g/mol. The van der Waals surface area contributed by atoms with Gasteiger partial charge in [0.2, 0.25) is 0 Å². The highest BCUT2D eigenvalue weighted by Gasteiger charge is 2.38. The minimum Gasteiger partial charge on any atom is -0.383 e. The van der Waals surface area contributed by atoms with Crippen molar-refractivity contribution in [2.45, 2.75) is 17.4 Å². The zero-order valence-electron chi connectivity index (χ0n) is 10.8. The summed E-state index contributed by atoms with van der Waals surface area (Å²) in [4.78, 5) is 0. The van der Waals surface area contributed by atoms with Gasteiger partial charge in [-0.25, -0.2) is 4.39 Å². The molecule has 1 heterocycles. The first kappa shape index (κ1) is 15.8. The van der Waals surface area contributed by atoms with Crippen LogP contribution in [0.4, 0.5) is 17.6 Å². The molecular formula is C12H11F4N3OS. The molecule has 1 aromatic heterocycles. The smallest absolute Gasteiger partial charge is 0.383 e. The van der Waals surface area contributed by atoms with Gasteiger partial charge >= 0.3 is 6.18 Å². The predicted molar refractivity (Wildman–Crippen MR) is 69.2 cm³/mol. The van der Waals surface area contributed by atoms with Gasteiger partial charge in [-0.05, 0) is 24.3 Å². The molecule has 0 saturated heterocycles. The Labute approximate surface area is 121 Å². The van der Waals surface area contributed by atoms with Gasteiger partial charge in [0.15, 0.2) is 17.1 Å². The first-order valence-corrected chi connectivity index (χ1v) is 6.80. The monoisotopic (exact) mass is 321 g/mol. The summed E-state index contributed by atoms with van der Waals surface area (Å²) < 4.78 is 51.0. The molecule has 0 unspecified atom stereocenters. The zero-order valence-corrected chi connectivity index (χ0v) is 11.6. The molecule has 0 spiro atoms. The SMILES string of the molecule is Cn1c(SC[C@@H](O)C(F)(F)F)nnc1-c1ccc(F)cc1. The van der Waals surface area contributed by atoms with Crippen LogP contribution in [0.2, 0.25) is 0 Å². The van der Waals surface area contributed by atoms with Crippen molar-refractivity contribution in [3.05, 3.63) is 30.1 Å². The van der Waals surface area contributed by atoms with Crippen LogP contribution in [0.5, 0.6) is 0 Å². The number of halogens is 4. The summed E-state index contributed by atoms with van der Waals surface area (Å²) in [5, 5.41) is 16.8. The van der Waals surface area contributed by atoms with Gasteiger partial charge in [0.1, 0.15) is 5.82 Å². The van der Waals surface area contributed by atoms with Crippen molar-refractivity contribution in [2.24, 2.45) is 7.05 Å². The van der Waals surface area contributed by atoms with E-state index >= 15 is 0 Å². The standard InChI is InChI=1S/C12H11F4N3OS/c1-19-10(7-2-4-8(13)5-3-7)17-18-11(19)21-6-9(20)12(14,15)16/h2-5,9,20H,6H2,1H3/t9-/m1/s1. The number of aromatic nitrogens is 3. The number of aliphatic hydroxyl groups is 1. The molecule has 0 amide bonds. The Balaban J connectivity index is 2.12. The molecule has 2 rings (SSSR count). The lowest BCUT2D eigenvalue weighted by atomic mass is 10.2. The molecule has 0 bridgehead atoms. The maximum absolute atomic E-state index is 12.8. The number of benzene rings is 1. The highest BCUT2D eigenvalue weighted by Crippen LogP contribution is 2.27. The molecule has 2 aromatic rings. The van der Waals surface area contributed by atoms with E-state index in [0.29, 0.717) is 11.4 Å². The van der Waals surface area contributed by atoms with Crippen LogP contribution in [0, 0.1) is 5.82 Å². The molecule has 0 aliphatic heterocycles. The van der Waals surface area contributed by atoms with Gasteiger partial charge in [-0.2, -0.15) is 13.2 Å². The molecule has 1 aromatic carbocycles. The Morgan fingerprint density at radius 2 is 1.86 bits per heavy atom. The number of nitrogens with zero attached hydrogens (tertiary/aromatic N) is 3. The van der Waals surface area contributed by atoms with Gasteiger partial charge in [-0.15, -0.1) is 10.2 Å². The third-order valence-electron chi connectivity index (χ3n) is 2.69. The predicted octanol–water partition coefficient (Wildman–Crippen LogP) is 2.64. The number of hydrogen-bond acceptors (Lipinski definition) is 4. The molecule has 114 valence electrons. The summed E-state index contributed by atoms with van der Waals surface area (Å²) >= 11 is 0.746. The molecule has 1 atom stereocenters. The Bertz CT molecular complexity index is 612. The number of hydrogen-bond donors (Lipinski definition) is 1. The van der Waals surface area contributed by atoms with E-state index < -0.39 is 23.9 Å². The second kappa shape index (κ2) is 6.02. The summed E-state index contributed by atoms with van der Waals surface area (Å²) in [6.45, 7) is 0. The van der Waals surface area contributed by atoms with E-state index in [1.807, 2.05) is 0 Å². The van der Waals surface area contributed by atoms with Gasteiger partial charge in [0.25, 0.3) is 0 Å². The van der Waals surface area contributed by atoms with Crippen molar-refractivity contribution in [3.8, 4) is 11.4 Å². The Hall–Kier alpha value is -1.61. The van der Waals surface area contributed by atoms with Crippen molar-refractivity contribution in [3.63, 3.8) is 0 Å². The van der Waals surface area contributed by atoms with Crippen LogP contribution >= 0.6 is 11.8 Å². The summed E-state index contributed by atoms with van der Waals surface area (Å²) in [6, 6.07) is 5.51. The van der Waals surface area contributed by atoms with Crippen molar-refractivity contribution < 1.29 is 22.7 Å². The quantitative estimate of drug-likeness (QED) is 0.695. The van der Waals surface area contributed by atoms with Crippen LogP contribution in [-0.2, 0) is 7.05 Å². The summed E-state index contributed by atoms with van der Waals surface area (Å²) in [5.74, 6) is -0.568. The Morgan fingerprint density at radius 1 is 1.24 bits per heavy atom. The first-order chi connectivity index (χ1) is 9.79. The van der Waals surface area contributed by atoms with E-state index in [2.05, 4.69) is 10.2 Å². The van der Waals surface area contributed by atoms with Crippen molar-refractivity contribution >= 4 is 11.8 Å². The normalized spacial score (nSPS) is 13.4. The lowest BCUT2D eigenvalue weighted by molar-refractivity contribution is -0.195. The van der Waals surface area contributed by atoms with E-state index in [-0.39, 0.29) is 5.16 Å². The van der Waals surface area contributed by atoms with Crippen LogP contribution in [0.1, 0.15) is 0 Å². The largest absolute Gasteiger partial charge is 0.415 e. The topological polar surface area (TPSA) is 50.9 Å². The molecule has 0 radical (unpaired) electrons. The van der Waals surface area contributed by atoms with Gasteiger partial charge in [0, 0.05) is 18.4 Å². The molecule has 0 aliphatic rings. The van der Waals surface area contributed by atoms with E-state index in [0.717, 1.165) is 11.8 Å². The van der Waals surface area contributed by atoms with Crippen LogP contribution in [0.25, 0.3) is 11.4 Å². The van der Waals surface area contributed by atoms with Gasteiger partial charge in [-0.1, -0.05) is 11.8 Å². The minimum atomic E-state index is -4.66. The maximum atomic E-state index is 12.8. The van der Waals surface area contributed by atoms with E-state index in [9.17, 15) is 17.6 Å². The molecule has 0 aliphatic carbocycles. The zero-order chi connectivity index (χ0) is 15.6. The maximum Gasteiger partial charge on any atom is 0.415 e. The molecule has 21 heavy (non-hydrogen) atoms. The third-order valence-corrected chi connectivity index (χ3v) is 3.78. The molecule has 0 saturated carbocycles. The molecule has 4 nitrogen and oxygen atoms in total. The average Bonchev–Trinajstić information content (AvgIpc) is 2.77. The van der Waals surface area contributed by atoms with Gasteiger partial charge < -0.3 is 9.67 Å². The fourth-order valence-corrected chi connectivity index (χ4v) is 2.41. The van der Waals surface area contributed by atoms with Crippen molar-refractivity contribution in [2.75, 3.05) is 5.75 Å². The lowest BCUT2D eigenvalue weighted by Gasteiger charge is -2.13. The Kier molecular flexibility index (Phi) is 4.52. The number of alkyl halides is 3. The van der Waals surface area contributed by atoms with Crippen molar-refractivity contribution in [1.82, 2.24) is 14.8 Å². The highest BCUT2D eigenvalue weighted by atomic mass is 32.2.